The maximum absolute atomic E-state index is 11.6. The topological polar surface area (TPSA) is 120 Å². The summed E-state index contributed by atoms with van der Waals surface area (Å²) in [6.07, 6.45) is 2.47. The number of rotatable bonds is 6. The van der Waals surface area contributed by atoms with E-state index in [2.05, 4.69) is 30.8 Å². The Kier molecular flexibility index (Phi) is 10.6. The largest absolute Gasteiger partial charge is 0.473 e. The van der Waals surface area contributed by atoms with Crippen LogP contribution in [0.3, 0.4) is 0 Å². The van der Waals surface area contributed by atoms with Gasteiger partial charge in [-0.3, -0.25) is 4.98 Å². The summed E-state index contributed by atoms with van der Waals surface area (Å²) in [4.78, 5) is 37.7. The lowest BCUT2D eigenvalue weighted by atomic mass is 10.1. The zero-order chi connectivity index (χ0) is 20.3. The zero-order valence-electron chi connectivity index (χ0n) is 15.8. The molecule has 0 saturated heterocycles. The summed E-state index contributed by atoms with van der Waals surface area (Å²) in [6.45, 7) is 6.08. The molecule has 0 aliphatic heterocycles. The van der Waals surface area contributed by atoms with Crippen molar-refractivity contribution in [3.05, 3.63) is 24.0 Å². The molecule has 0 spiro atoms. The first-order chi connectivity index (χ1) is 12.0. The number of ether oxygens (including phenoxy) is 1. The third-order valence-corrected chi connectivity index (χ3v) is 3.10. The molecule has 0 fully saturated rings. The van der Waals surface area contributed by atoms with Crippen molar-refractivity contribution >= 4 is 18.0 Å². The van der Waals surface area contributed by atoms with Crippen LogP contribution in [0, 0.1) is 5.92 Å². The molecule has 146 valence electrons. The van der Waals surface area contributed by atoms with Gasteiger partial charge in [0, 0.05) is 26.8 Å². The van der Waals surface area contributed by atoms with E-state index in [9.17, 15) is 4.79 Å². The molecule has 9 heteroatoms. The Morgan fingerprint density at radius 2 is 1.73 bits per heavy atom. The molecule has 0 saturated carbocycles. The molecule has 1 amide bonds. The van der Waals surface area contributed by atoms with Crippen LogP contribution >= 0.6 is 0 Å². The Balaban J connectivity index is 0.000000896. The molecule has 0 unspecified atom stereocenters. The molecule has 1 heterocycles. The Morgan fingerprint density at radius 3 is 2.19 bits per heavy atom. The first-order valence-electron chi connectivity index (χ1n) is 8.02. The third-order valence-electron chi connectivity index (χ3n) is 3.10. The van der Waals surface area contributed by atoms with Crippen molar-refractivity contribution in [1.82, 2.24) is 14.8 Å². The second kappa shape index (κ2) is 11.8. The number of aliphatic carboxylic acids is 2. The van der Waals surface area contributed by atoms with Crippen LogP contribution in [0.2, 0.25) is 0 Å². The Morgan fingerprint density at radius 1 is 1.15 bits per heavy atom. The number of carbonyl (C=O) groups excluding carboxylic acids is 1. The highest BCUT2D eigenvalue weighted by atomic mass is 16.6. The molecule has 1 rings (SSSR count). The maximum Gasteiger partial charge on any atom is 0.414 e. The summed E-state index contributed by atoms with van der Waals surface area (Å²) < 4.78 is 5.33. The highest BCUT2D eigenvalue weighted by Crippen LogP contribution is 2.18. The van der Waals surface area contributed by atoms with Crippen molar-refractivity contribution in [3.8, 4) is 5.75 Å². The molecule has 0 aromatic carbocycles. The van der Waals surface area contributed by atoms with E-state index in [1.807, 2.05) is 0 Å². The number of pyridine rings is 1. The van der Waals surface area contributed by atoms with E-state index < -0.39 is 11.9 Å². The van der Waals surface area contributed by atoms with Gasteiger partial charge in [0.25, 0.3) is 0 Å². The van der Waals surface area contributed by atoms with Gasteiger partial charge >= 0.3 is 18.0 Å². The lowest BCUT2D eigenvalue weighted by Gasteiger charge is -2.19. The molecule has 26 heavy (non-hydrogen) atoms. The van der Waals surface area contributed by atoms with Crippen molar-refractivity contribution < 1.29 is 29.3 Å². The van der Waals surface area contributed by atoms with Crippen LogP contribution in [0.5, 0.6) is 5.75 Å². The molecule has 2 N–H and O–H groups in total. The monoisotopic (exact) mass is 369 g/mol. The minimum atomic E-state index is -1.82. The average molecular weight is 369 g/mol. The molecular formula is C17H27N3O6. The molecule has 0 aliphatic rings. The van der Waals surface area contributed by atoms with Gasteiger partial charge in [0.1, 0.15) is 0 Å². The van der Waals surface area contributed by atoms with E-state index in [-0.39, 0.29) is 6.09 Å². The van der Waals surface area contributed by atoms with Crippen LogP contribution in [0.15, 0.2) is 18.3 Å². The van der Waals surface area contributed by atoms with Crippen LogP contribution in [0.25, 0.3) is 0 Å². The van der Waals surface area contributed by atoms with Crippen LogP contribution in [0.1, 0.15) is 26.0 Å². The normalized spacial score (nSPS) is 10.1. The second-order valence-electron chi connectivity index (χ2n) is 6.24. The number of nitrogens with zero attached hydrogens (tertiary/aromatic N) is 3. The molecule has 0 atom stereocenters. The number of carbonyl (C=O) groups is 3. The first-order valence-corrected chi connectivity index (χ1v) is 8.02. The number of hydrogen-bond donors (Lipinski definition) is 2. The SMILES string of the molecule is CC(C)CCN(C)Cc1ncccc1OC(=O)N(C)C.O=C(O)C(=O)O. The van der Waals surface area contributed by atoms with Crippen LogP contribution < -0.4 is 4.74 Å². The molecule has 0 aliphatic carbocycles. The molecule has 0 radical (unpaired) electrons. The van der Waals surface area contributed by atoms with Gasteiger partial charge in [0.15, 0.2) is 5.75 Å². The highest BCUT2D eigenvalue weighted by Gasteiger charge is 2.13. The van der Waals surface area contributed by atoms with E-state index in [1.54, 1.807) is 32.4 Å². The molecule has 1 aromatic rings. The first kappa shape index (κ1) is 23.3. The fraction of sp³-hybridized carbons (Fsp3) is 0.529. The van der Waals surface area contributed by atoms with Crippen LogP contribution in [-0.4, -0.2) is 70.7 Å². The van der Waals surface area contributed by atoms with Gasteiger partial charge in [-0.1, -0.05) is 13.8 Å². The van der Waals surface area contributed by atoms with Crippen molar-refractivity contribution in [2.45, 2.75) is 26.8 Å². The van der Waals surface area contributed by atoms with E-state index >= 15 is 0 Å². The zero-order valence-corrected chi connectivity index (χ0v) is 15.8. The van der Waals surface area contributed by atoms with Gasteiger partial charge in [-0.15, -0.1) is 0 Å². The molecular weight excluding hydrogens is 342 g/mol. The van der Waals surface area contributed by atoms with Gasteiger partial charge in [-0.2, -0.15) is 0 Å². The number of aromatic nitrogens is 1. The quantitative estimate of drug-likeness (QED) is 0.728. The lowest BCUT2D eigenvalue weighted by molar-refractivity contribution is -0.159. The van der Waals surface area contributed by atoms with Crippen molar-refractivity contribution in [1.29, 1.82) is 0 Å². The lowest BCUT2D eigenvalue weighted by Crippen LogP contribution is -2.27. The van der Waals surface area contributed by atoms with Gasteiger partial charge in [0.05, 0.1) is 5.69 Å². The van der Waals surface area contributed by atoms with E-state index in [0.717, 1.165) is 18.7 Å². The summed E-state index contributed by atoms with van der Waals surface area (Å²) in [7, 11) is 5.37. The molecule has 9 nitrogen and oxygen atoms in total. The maximum atomic E-state index is 11.6. The highest BCUT2D eigenvalue weighted by molar-refractivity contribution is 6.27. The fourth-order valence-electron chi connectivity index (χ4n) is 1.63. The minimum absolute atomic E-state index is 0.385. The van der Waals surface area contributed by atoms with E-state index in [1.165, 1.54) is 4.90 Å². The third kappa shape index (κ3) is 10.2. The second-order valence-corrected chi connectivity index (χ2v) is 6.24. The summed E-state index contributed by atoms with van der Waals surface area (Å²) in [5, 5.41) is 14.8. The number of amides is 1. The Labute approximate surface area is 153 Å². The summed E-state index contributed by atoms with van der Waals surface area (Å²) >= 11 is 0. The van der Waals surface area contributed by atoms with Crippen LogP contribution in [0.4, 0.5) is 4.79 Å². The summed E-state index contributed by atoms with van der Waals surface area (Å²) in [5.74, 6) is -2.44. The van der Waals surface area contributed by atoms with Crippen molar-refractivity contribution in [3.63, 3.8) is 0 Å². The predicted molar refractivity (Wildman–Crippen MR) is 95.0 cm³/mol. The predicted octanol–water partition coefficient (Wildman–Crippen LogP) is 1.78. The van der Waals surface area contributed by atoms with Gasteiger partial charge in [0.2, 0.25) is 0 Å². The summed E-state index contributed by atoms with van der Waals surface area (Å²) in [5.41, 5.74) is 0.786. The average Bonchev–Trinajstić information content (AvgIpc) is 2.55. The fourth-order valence-corrected chi connectivity index (χ4v) is 1.63. The molecule has 1 aromatic heterocycles. The van der Waals surface area contributed by atoms with Crippen molar-refractivity contribution in [2.75, 3.05) is 27.7 Å². The Bertz CT molecular complexity index is 592. The number of hydrogen-bond acceptors (Lipinski definition) is 6. The smallest absolute Gasteiger partial charge is 0.414 e. The Hall–Kier alpha value is -2.68. The van der Waals surface area contributed by atoms with Crippen LogP contribution in [-0.2, 0) is 16.1 Å². The minimum Gasteiger partial charge on any atom is -0.473 e. The summed E-state index contributed by atoms with van der Waals surface area (Å²) in [6, 6.07) is 3.55. The van der Waals surface area contributed by atoms with E-state index in [4.69, 9.17) is 24.5 Å². The van der Waals surface area contributed by atoms with Gasteiger partial charge in [-0.05, 0) is 38.1 Å². The molecule has 0 bridgehead atoms. The van der Waals surface area contributed by atoms with Gasteiger partial charge < -0.3 is 24.7 Å². The van der Waals surface area contributed by atoms with E-state index in [0.29, 0.717) is 18.2 Å². The van der Waals surface area contributed by atoms with Gasteiger partial charge in [-0.25, -0.2) is 14.4 Å². The number of carboxylic acid groups (broad SMARTS) is 2. The van der Waals surface area contributed by atoms with Crippen molar-refractivity contribution in [2.24, 2.45) is 5.92 Å². The standard InChI is InChI=1S/C15H25N3O2.C2H2O4/c1-12(2)8-10-18(5)11-13-14(7-6-9-16-13)20-15(19)17(3)4;3-1(4)2(5)6/h6-7,9,12H,8,10-11H2,1-5H3;(H,3,4)(H,5,6). The number of carboxylic acids is 2.